The van der Waals surface area contributed by atoms with Gasteiger partial charge in [0, 0.05) is 42.4 Å². The smallest absolute Gasteiger partial charge is 0.223 e. The lowest BCUT2D eigenvalue weighted by atomic mass is 10.0. The topological polar surface area (TPSA) is 51.2 Å². The van der Waals surface area contributed by atoms with E-state index in [1.54, 1.807) is 7.11 Å². The summed E-state index contributed by atoms with van der Waals surface area (Å²) in [6.07, 6.45) is 1.60. The van der Waals surface area contributed by atoms with Crippen LogP contribution in [-0.4, -0.2) is 24.5 Å². The molecule has 0 bridgehead atoms. The van der Waals surface area contributed by atoms with Gasteiger partial charge in [-0.25, -0.2) is 0 Å². The highest BCUT2D eigenvalue weighted by molar-refractivity contribution is 5.80. The van der Waals surface area contributed by atoms with Gasteiger partial charge in [0.2, 0.25) is 5.91 Å². The van der Waals surface area contributed by atoms with Crippen LogP contribution in [-0.2, 0) is 11.2 Å². The van der Waals surface area contributed by atoms with Crippen molar-refractivity contribution in [2.45, 2.75) is 19.8 Å². The summed E-state index contributed by atoms with van der Waals surface area (Å²) in [4.78, 5) is 15.9. The minimum atomic E-state index is 0.0685. The molecule has 1 unspecified atom stereocenters. The molecule has 1 aliphatic heterocycles. The van der Waals surface area contributed by atoms with E-state index in [1.807, 2.05) is 19.1 Å². The van der Waals surface area contributed by atoms with E-state index in [-0.39, 0.29) is 11.8 Å². The third-order valence-corrected chi connectivity index (χ3v) is 2.83. The molecule has 1 saturated heterocycles. The van der Waals surface area contributed by atoms with Crippen molar-refractivity contribution in [2.75, 3.05) is 13.7 Å². The number of amides is 1. The van der Waals surface area contributed by atoms with Crippen molar-refractivity contribution in [1.29, 1.82) is 0 Å². The monoisotopic (exact) mass is 220 g/mol. The van der Waals surface area contributed by atoms with Crippen LogP contribution in [0.25, 0.3) is 0 Å². The molecule has 2 heterocycles. The Bertz CT molecular complexity index is 404. The van der Waals surface area contributed by atoms with Gasteiger partial charge in [0.1, 0.15) is 5.75 Å². The van der Waals surface area contributed by atoms with E-state index < -0.39 is 0 Å². The second kappa shape index (κ2) is 4.51. The predicted octanol–water partition coefficient (Wildman–Crippen LogP) is 1.08. The molecule has 0 aromatic carbocycles. The molecule has 4 nitrogen and oxygen atoms in total. The van der Waals surface area contributed by atoms with Crippen LogP contribution in [0.3, 0.4) is 0 Å². The van der Waals surface area contributed by atoms with Crippen LogP contribution in [0.2, 0.25) is 0 Å². The zero-order valence-electron chi connectivity index (χ0n) is 9.62. The normalized spacial score (nSPS) is 19.6. The highest BCUT2D eigenvalue weighted by Crippen LogP contribution is 2.19. The first-order valence-corrected chi connectivity index (χ1v) is 5.48. The van der Waals surface area contributed by atoms with Gasteiger partial charge in [-0.3, -0.25) is 9.78 Å². The number of nitrogens with one attached hydrogen (secondary N) is 1. The zero-order chi connectivity index (χ0) is 11.5. The number of aromatic nitrogens is 1. The lowest BCUT2D eigenvalue weighted by molar-refractivity contribution is -0.122. The van der Waals surface area contributed by atoms with Crippen LogP contribution < -0.4 is 10.1 Å². The average molecular weight is 220 g/mol. The van der Waals surface area contributed by atoms with E-state index in [0.29, 0.717) is 6.42 Å². The second-order valence-electron chi connectivity index (χ2n) is 4.12. The molecular weight excluding hydrogens is 204 g/mol. The summed E-state index contributed by atoms with van der Waals surface area (Å²) < 4.78 is 5.19. The summed E-state index contributed by atoms with van der Waals surface area (Å²) in [7, 11) is 1.64. The van der Waals surface area contributed by atoms with Crippen molar-refractivity contribution in [3.63, 3.8) is 0 Å². The molecule has 4 heteroatoms. The molecule has 1 aliphatic rings. The molecule has 0 aliphatic carbocycles. The van der Waals surface area contributed by atoms with Gasteiger partial charge in [0.05, 0.1) is 7.11 Å². The Hall–Kier alpha value is -1.58. The fourth-order valence-corrected chi connectivity index (χ4v) is 2.02. The first-order chi connectivity index (χ1) is 7.69. The lowest BCUT2D eigenvalue weighted by Gasteiger charge is -2.08. The molecule has 1 amide bonds. The number of hydrogen-bond acceptors (Lipinski definition) is 3. The summed E-state index contributed by atoms with van der Waals surface area (Å²) in [5.41, 5.74) is 1.85. The first-order valence-electron chi connectivity index (χ1n) is 5.48. The van der Waals surface area contributed by atoms with Crippen LogP contribution in [0.1, 0.15) is 17.8 Å². The molecule has 16 heavy (non-hydrogen) atoms. The summed E-state index contributed by atoms with van der Waals surface area (Å²) in [5.74, 6) is 1.02. The van der Waals surface area contributed by atoms with Crippen LogP contribution in [0, 0.1) is 12.8 Å². The fraction of sp³-hybridized carbons (Fsp3) is 0.500. The Balaban J connectivity index is 2.14. The Labute approximate surface area is 95.0 Å². The van der Waals surface area contributed by atoms with Crippen molar-refractivity contribution in [3.05, 3.63) is 23.5 Å². The van der Waals surface area contributed by atoms with Crippen LogP contribution >= 0.6 is 0 Å². The predicted molar refractivity (Wildman–Crippen MR) is 60.3 cm³/mol. The number of carbonyl (C=O) groups excluding carboxylic acids is 1. The molecule has 1 aromatic rings. The lowest BCUT2D eigenvalue weighted by Crippen LogP contribution is -2.20. The number of aryl methyl sites for hydroxylation is 1. The number of rotatable bonds is 3. The minimum absolute atomic E-state index is 0.0685. The van der Waals surface area contributed by atoms with E-state index in [1.165, 1.54) is 0 Å². The number of hydrogen-bond donors (Lipinski definition) is 1. The Morgan fingerprint density at radius 2 is 2.38 bits per heavy atom. The van der Waals surface area contributed by atoms with Gasteiger partial charge in [-0.05, 0) is 13.3 Å². The molecule has 0 radical (unpaired) electrons. The van der Waals surface area contributed by atoms with Crippen molar-refractivity contribution < 1.29 is 9.53 Å². The van der Waals surface area contributed by atoms with Gasteiger partial charge in [-0.1, -0.05) is 0 Å². The van der Waals surface area contributed by atoms with E-state index in [0.717, 1.165) is 30.1 Å². The summed E-state index contributed by atoms with van der Waals surface area (Å²) in [6.45, 7) is 2.72. The standard InChI is InChI=1S/C12H16N2O2/c1-8-5-11(16-2)7-10(14-8)6-9-3-4-13-12(9)15/h5,7,9H,3-4,6H2,1-2H3,(H,13,15). The van der Waals surface area contributed by atoms with Gasteiger partial charge in [0.25, 0.3) is 0 Å². The van der Waals surface area contributed by atoms with Gasteiger partial charge in [-0.2, -0.15) is 0 Å². The maximum atomic E-state index is 11.4. The van der Waals surface area contributed by atoms with Crippen LogP contribution in [0.5, 0.6) is 5.75 Å². The number of methoxy groups -OCH3 is 1. The Kier molecular flexibility index (Phi) is 3.08. The maximum absolute atomic E-state index is 11.4. The molecule has 0 saturated carbocycles. The summed E-state index contributed by atoms with van der Waals surface area (Å²) >= 11 is 0. The quantitative estimate of drug-likeness (QED) is 0.829. The fourth-order valence-electron chi connectivity index (χ4n) is 2.02. The van der Waals surface area contributed by atoms with Gasteiger partial charge >= 0.3 is 0 Å². The summed E-state index contributed by atoms with van der Waals surface area (Å²) in [5, 5.41) is 2.84. The number of carbonyl (C=O) groups is 1. The Morgan fingerprint density at radius 1 is 1.56 bits per heavy atom. The largest absolute Gasteiger partial charge is 0.497 e. The maximum Gasteiger partial charge on any atom is 0.223 e. The van der Waals surface area contributed by atoms with Gasteiger partial charge in [0.15, 0.2) is 0 Å². The SMILES string of the molecule is COc1cc(C)nc(CC2CCNC2=O)c1. The number of ether oxygens (including phenoxy) is 1. The third-order valence-electron chi connectivity index (χ3n) is 2.83. The average Bonchev–Trinajstić information content (AvgIpc) is 2.63. The second-order valence-corrected chi connectivity index (χ2v) is 4.12. The van der Waals surface area contributed by atoms with E-state index in [9.17, 15) is 4.79 Å². The van der Waals surface area contributed by atoms with Gasteiger partial charge < -0.3 is 10.1 Å². The van der Waals surface area contributed by atoms with Crippen molar-refractivity contribution in [2.24, 2.45) is 5.92 Å². The van der Waals surface area contributed by atoms with Crippen LogP contribution in [0.15, 0.2) is 12.1 Å². The molecule has 1 atom stereocenters. The number of pyridine rings is 1. The van der Waals surface area contributed by atoms with Crippen molar-refractivity contribution in [1.82, 2.24) is 10.3 Å². The zero-order valence-corrected chi connectivity index (χ0v) is 9.62. The van der Waals surface area contributed by atoms with Gasteiger partial charge in [-0.15, -0.1) is 0 Å². The van der Waals surface area contributed by atoms with E-state index in [4.69, 9.17) is 4.74 Å². The highest BCUT2D eigenvalue weighted by Gasteiger charge is 2.24. The van der Waals surface area contributed by atoms with Crippen LogP contribution in [0.4, 0.5) is 0 Å². The minimum Gasteiger partial charge on any atom is -0.497 e. The van der Waals surface area contributed by atoms with E-state index >= 15 is 0 Å². The molecule has 1 fully saturated rings. The van der Waals surface area contributed by atoms with Crippen molar-refractivity contribution in [3.8, 4) is 5.75 Å². The first kappa shape index (κ1) is 10.9. The van der Waals surface area contributed by atoms with E-state index in [2.05, 4.69) is 10.3 Å². The molecule has 86 valence electrons. The highest BCUT2D eigenvalue weighted by atomic mass is 16.5. The third kappa shape index (κ3) is 2.32. The summed E-state index contributed by atoms with van der Waals surface area (Å²) in [6, 6.07) is 3.79. The molecule has 2 rings (SSSR count). The Morgan fingerprint density at radius 3 is 3.00 bits per heavy atom. The molecule has 0 spiro atoms. The molecule has 1 aromatic heterocycles. The number of nitrogens with zero attached hydrogens (tertiary/aromatic N) is 1. The molecular formula is C12H16N2O2. The van der Waals surface area contributed by atoms with Crippen molar-refractivity contribution >= 4 is 5.91 Å². The molecule has 1 N–H and O–H groups in total.